The molecule has 0 amide bonds. The molecule has 0 unspecified atom stereocenters. The summed E-state index contributed by atoms with van der Waals surface area (Å²) in [6, 6.07) is 5.83. The van der Waals surface area contributed by atoms with Crippen LogP contribution in [0.1, 0.15) is 18.2 Å². The van der Waals surface area contributed by atoms with Crippen LogP contribution in [0.25, 0.3) is 11.5 Å². The van der Waals surface area contributed by atoms with Gasteiger partial charge in [-0.25, -0.2) is 18.7 Å². The third-order valence-electron chi connectivity index (χ3n) is 5.00. The first-order valence-corrected chi connectivity index (χ1v) is 10.7. The molecule has 1 N–H and O–H groups in total. The highest BCUT2D eigenvalue weighted by atomic mass is 35.5. The lowest BCUT2D eigenvalue weighted by molar-refractivity contribution is 0.335. The van der Waals surface area contributed by atoms with Crippen LogP contribution < -0.4 is 14.8 Å². The van der Waals surface area contributed by atoms with E-state index in [1.54, 1.807) is 38.4 Å². The van der Waals surface area contributed by atoms with Crippen molar-refractivity contribution in [1.82, 2.24) is 24.7 Å². The monoisotopic (exact) mass is 486 g/mol. The van der Waals surface area contributed by atoms with E-state index in [0.29, 0.717) is 23.9 Å². The SMILES string of the molecule is CCOc1cc(F)c(Cn2nc(-c3ncc(OC)c(Nc4ccncc4)n3)c(Cl)c2C)c(F)c1. The zero-order chi connectivity index (χ0) is 24.2. The average molecular weight is 487 g/mol. The molecule has 0 radical (unpaired) electrons. The molecular weight excluding hydrogens is 466 g/mol. The van der Waals surface area contributed by atoms with Crippen molar-refractivity contribution >= 4 is 23.1 Å². The largest absolute Gasteiger partial charge is 0.494 e. The second-order valence-corrected chi connectivity index (χ2v) is 7.55. The summed E-state index contributed by atoms with van der Waals surface area (Å²) in [4.78, 5) is 12.8. The maximum atomic E-state index is 14.6. The lowest BCUT2D eigenvalue weighted by Gasteiger charge is -2.11. The first-order chi connectivity index (χ1) is 16.4. The Morgan fingerprint density at radius 1 is 1.15 bits per heavy atom. The van der Waals surface area contributed by atoms with Crippen LogP contribution in [-0.4, -0.2) is 38.4 Å². The Kier molecular flexibility index (Phi) is 6.87. The summed E-state index contributed by atoms with van der Waals surface area (Å²) in [5.74, 6) is -0.326. The summed E-state index contributed by atoms with van der Waals surface area (Å²) in [5, 5.41) is 7.85. The smallest absolute Gasteiger partial charge is 0.183 e. The number of methoxy groups -OCH3 is 1. The fraction of sp³-hybridized carbons (Fsp3) is 0.217. The Morgan fingerprint density at radius 2 is 1.85 bits per heavy atom. The van der Waals surface area contributed by atoms with Gasteiger partial charge in [-0.3, -0.25) is 9.67 Å². The number of benzene rings is 1. The zero-order valence-corrected chi connectivity index (χ0v) is 19.4. The van der Waals surface area contributed by atoms with E-state index in [1.807, 2.05) is 0 Å². The first kappa shape index (κ1) is 23.4. The lowest BCUT2D eigenvalue weighted by Crippen LogP contribution is -2.09. The van der Waals surface area contributed by atoms with Gasteiger partial charge in [0.15, 0.2) is 17.4 Å². The number of hydrogen-bond donors (Lipinski definition) is 1. The van der Waals surface area contributed by atoms with E-state index in [4.69, 9.17) is 21.1 Å². The van der Waals surface area contributed by atoms with Crippen molar-refractivity contribution in [3.8, 4) is 23.0 Å². The maximum Gasteiger partial charge on any atom is 0.183 e. The molecule has 0 aliphatic rings. The van der Waals surface area contributed by atoms with Gasteiger partial charge in [0.05, 0.1) is 37.2 Å². The standard InChI is InChI=1S/C23H21ClF2N6O2/c1-4-34-15-9-17(25)16(18(26)10-15)12-32-13(2)20(24)21(31-32)23-28-11-19(33-3)22(30-23)29-14-5-7-27-8-6-14/h5-11H,4,12H2,1-3H3,(H,27,28,29,30). The van der Waals surface area contributed by atoms with Crippen molar-refractivity contribution < 1.29 is 18.3 Å². The van der Waals surface area contributed by atoms with Crippen LogP contribution in [0.5, 0.6) is 11.5 Å². The number of nitrogens with zero attached hydrogens (tertiary/aromatic N) is 5. The van der Waals surface area contributed by atoms with Gasteiger partial charge < -0.3 is 14.8 Å². The average Bonchev–Trinajstić information content (AvgIpc) is 3.11. The molecule has 0 saturated heterocycles. The normalized spacial score (nSPS) is 10.9. The first-order valence-electron chi connectivity index (χ1n) is 10.3. The van der Waals surface area contributed by atoms with Gasteiger partial charge in [-0.15, -0.1) is 0 Å². The molecule has 4 rings (SSSR count). The molecule has 176 valence electrons. The topological polar surface area (TPSA) is 87.0 Å². The number of nitrogens with one attached hydrogen (secondary N) is 1. The molecule has 8 nitrogen and oxygen atoms in total. The van der Waals surface area contributed by atoms with Gasteiger partial charge in [0.1, 0.15) is 23.1 Å². The second-order valence-electron chi connectivity index (χ2n) is 7.18. The number of ether oxygens (including phenoxy) is 2. The van der Waals surface area contributed by atoms with Crippen LogP contribution in [0, 0.1) is 18.6 Å². The molecule has 0 aliphatic carbocycles. The Labute approximate surface area is 199 Å². The van der Waals surface area contributed by atoms with Crippen molar-refractivity contribution in [2.75, 3.05) is 19.0 Å². The summed E-state index contributed by atoms with van der Waals surface area (Å²) < 4.78 is 41.1. The van der Waals surface area contributed by atoms with E-state index in [2.05, 4.69) is 25.4 Å². The van der Waals surface area contributed by atoms with Crippen molar-refractivity contribution in [1.29, 1.82) is 0 Å². The molecule has 34 heavy (non-hydrogen) atoms. The predicted molar refractivity (Wildman–Crippen MR) is 124 cm³/mol. The van der Waals surface area contributed by atoms with Gasteiger partial charge in [0, 0.05) is 35.8 Å². The molecule has 0 saturated carbocycles. The number of rotatable bonds is 8. The minimum Gasteiger partial charge on any atom is -0.494 e. The molecular formula is C23H21ClF2N6O2. The minimum absolute atomic E-state index is 0.123. The van der Waals surface area contributed by atoms with E-state index in [-0.39, 0.29) is 34.4 Å². The van der Waals surface area contributed by atoms with Crippen LogP contribution >= 0.6 is 11.6 Å². The van der Waals surface area contributed by atoms with Crippen LogP contribution in [0.15, 0.2) is 42.9 Å². The fourth-order valence-corrected chi connectivity index (χ4v) is 3.47. The molecule has 4 aromatic rings. The van der Waals surface area contributed by atoms with Gasteiger partial charge in [0.2, 0.25) is 0 Å². The molecule has 0 spiro atoms. The molecule has 3 heterocycles. The maximum absolute atomic E-state index is 14.6. The summed E-state index contributed by atoms with van der Waals surface area (Å²) >= 11 is 6.52. The molecule has 0 aliphatic heterocycles. The van der Waals surface area contributed by atoms with Crippen LogP contribution in [0.3, 0.4) is 0 Å². The van der Waals surface area contributed by atoms with E-state index >= 15 is 0 Å². The number of hydrogen-bond acceptors (Lipinski definition) is 7. The Balaban J connectivity index is 1.68. The van der Waals surface area contributed by atoms with Crippen molar-refractivity contribution in [3.05, 3.63) is 70.8 Å². The van der Waals surface area contributed by atoms with E-state index in [9.17, 15) is 8.78 Å². The molecule has 0 fully saturated rings. The highest BCUT2D eigenvalue weighted by Gasteiger charge is 2.21. The predicted octanol–water partition coefficient (Wildman–Crippen LogP) is 5.17. The number of pyridine rings is 1. The Hall–Kier alpha value is -3.79. The van der Waals surface area contributed by atoms with Crippen LogP contribution in [-0.2, 0) is 6.54 Å². The molecule has 0 atom stereocenters. The summed E-state index contributed by atoms with van der Waals surface area (Å²) in [6.45, 7) is 3.56. The van der Waals surface area contributed by atoms with Gasteiger partial charge in [0.25, 0.3) is 0 Å². The highest BCUT2D eigenvalue weighted by Crippen LogP contribution is 2.32. The fourth-order valence-electron chi connectivity index (χ4n) is 3.25. The third-order valence-corrected chi connectivity index (χ3v) is 5.45. The second kappa shape index (κ2) is 10.0. The van der Waals surface area contributed by atoms with E-state index < -0.39 is 11.6 Å². The van der Waals surface area contributed by atoms with Crippen LogP contribution in [0.2, 0.25) is 5.02 Å². The van der Waals surface area contributed by atoms with E-state index in [1.165, 1.54) is 18.0 Å². The van der Waals surface area contributed by atoms with Gasteiger partial charge in [-0.1, -0.05) is 11.6 Å². The van der Waals surface area contributed by atoms with Gasteiger partial charge >= 0.3 is 0 Å². The molecule has 11 heteroatoms. The van der Waals surface area contributed by atoms with Gasteiger partial charge in [-0.2, -0.15) is 5.10 Å². The van der Waals surface area contributed by atoms with Gasteiger partial charge in [-0.05, 0) is 26.0 Å². The van der Waals surface area contributed by atoms with Crippen LogP contribution in [0.4, 0.5) is 20.3 Å². The zero-order valence-electron chi connectivity index (χ0n) is 18.6. The Morgan fingerprint density at radius 3 is 2.50 bits per heavy atom. The van der Waals surface area contributed by atoms with Crippen molar-refractivity contribution in [2.24, 2.45) is 0 Å². The summed E-state index contributed by atoms with van der Waals surface area (Å²) in [6.07, 6.45) is 4.76. The number of halogens is 3. The quantitative estimate of drug-likeness (QED) is 0.367. The number of anilines is 2. The highest BCUT2D eigenvalue weighted by molar-refractivity contribution is 6.33. The summed E-state index contributed by atoms with van der Waals surface area (Å²) in [5.41, 5.74) is 1.36. The molecule has 1 aromatic carbocycles. The molecule has 3 aromatic heterocycles. The van der Waals surface area contributed by atoms with Crippen molar-refractivity contribution in [3.63, 3.8) is 0 Å². The van der Waals surface area contributed by atoms with E-state index in [0.717, 1.165) is 17.8 Å². The minimum atomic E-state index is -0.736. The molecule has 0 bridgehead atoms. The number of aromatic nitrogens is 5. The summed E-state index contributed by atoms with van der Waals surface area (Å²) in [7, 11) is 1.50. The van der Waals surface area contributed by atoms with Crippen molar-refractivity contribution in [2.45, 2.75) is 20.4 Å². The lowest BCUT2D eigenvalue weighted by atomic mass is 10.2. The third kappa shape index (κ3) is 4.76. The Bertz CT molecular complexity index is 1290.